The van der Waals surface area contributed by atoms with Gasteiger partial charge < -0.3 is 20.0 Å². The molecule has 0 spiro atoms. The van der Waals surface area contributed by atoms with Crippen LogP contribution in [0.1, 0.15) is 41.1 Å². The summed E-state index contributed by atoms with van der Waals surface area (Å²) >= 11 is 0. The Kier molecular flexibility index (Phi) is 8.80. The van der Waals surface area contributed by atoms with Crippen molar-refractivity contribution in [2.75, 3.05) is 5.32 Å². The summed E-state index contributed by atoms with van der Waals surface area (Å²) in [4.78, 5) is 4.48. The number of nitrogens with one attached hydrogen (secondary N) is 1. The van der Waals surface area contributed by atoms with Crippen molar-refractivity contribution in [2.45, 2.75) is 38.5 Å². The van der Waals surface area contributed by atoms with E-state index < -0.39 is 30.6 Å². The Hall–Kier alpha value is -4.41. The van der Waals surface area contributed by atoms with E-state index in [1.165, 1.54) is 36.7 Å². The molecule has 2 heterocycles. The Morgan fingerprint density at radius 3 is 2.05 bits per heavy atom. The van der Waals surface area contributed by atoms with Crippen molar-refractivity contribution < 1.29 is 36.2 Å². The van der Waals surface area contributed by atoms with Gasteiger partial charge in [-0.2, -0.15) is 22.3 Å². The highest BCUT2D eigenvalue weighted by molar-refractivity contribution is 5.48. The van der Waals surface area contributed by atoms with E-state index in [-0.39, 0.29) is 11.9 Å². The number of ether oxygens (including phenoxy) is 2. The highest BCUT2D eigenvalue weighted by atomic mass is 19.3. The van der Waals surface area contributed by atoms with Gasteiger partial charge in [-0.05, 0) is 65.9 Å². The van der Waals surface area contributed by atoms with E-state index in [9.17, 15) is 27.2 Å². The lowest BCUT2D eigenvalue weighted by atomic mass is 9.86. The lowest BCUT2D eigenvalue weighted by molar-refractivity contribution is -0.605. The van der Waals surface area contributed by atoms with Crippen molar-refractivity contribution in [3.05, 3.63) is 119 Å². The summed E-state index contributed by atoms with van der Waals surface area (Å²) in [6.07, 6.45) is 4.61. The summed E-state index contributed by atoms with van der Waals surface area (Å²) in [6, 6.07) is 16.6. The first-order valence-electron chi connectivity index (χ1n) is 11.9. The number of benzene rings is 2. The van der Waals surface area contributed by atoms with Gasteiger partial charge in [0.05, 0.1) is 0 Å². The number of anilines is 1. The minimum absolute atomic E-state index is 0.167. The molecule has 2 aromatic carbocycles. The van der Waals surface area contributed by atoms with Crippen LogP contribution in [-0.4, -0.2) is 18.2 Å². The molecule has 39 heavy (non-hydrogen) atoms. The van der Waals surface area contributed by atoms with Crippen LogP contribution in [0.5, 0.6) is 11.5 Å². The van der Waals surface area contributed by atoms with E-state index in [2.05, 4.69) is 19.8 Å². The van der Waals surface area contributed by atoms with Gasteiger partial charge in [-0.3, -0.25) is 0 Å². The van der Waals surface area contributed by atoms with E-state index in [0.29, 0.717) is 28.1 Å². The molecule has 0 amide bonds. The standard InChI is InChI=1S/C28H24F5N3O3/c1-17(19-2-6-22(29)7-3-19)35-26-9-5-21(16-34-26)23(14-18-10-12-36(37)13-11-18)20-4-8-24(38-27(30)31)25(15-20)39-28(32)33/h2-13,15-17,23,27-28H,14H2,1H3,(H,34,35). The van der Waals surface area contributed by atoms with Crippen molar-refractivity contribution >= 4 is 5.82 Å². The summed E-state index contributed by atoms with van der Waals surface area (Å²) in [7, 11) is 0. The Morgan fingerprint density at radius 2 is 1.44 bits per heavy atom. The maximum atomic E-state index is 13.2. The molecular formula is C28H24F5N3O3. The van der Waals surface area contributed by atoms with Crippen LogP contribution in [0.2, 0.25) is 0 Å². The lowest BCUT2D eigenvalue weighted by Gasteiger charge is -2.21. The normalized spacial score (nSPS) is 12.8. The highest BCUT2D eigenvalue weighted by Crippen LogP contribution is 2.37. The smallest absolute Gasteiger partial charge is 0.387 e. The number of alkyl halides is 4. The zero-order valence-electron chi connectivity index (χ0n) is 20.6. The molecule has 0 aliphatic carbocycles. The van der Waals surface area contributed by atoms with Crippen LogP contribution in [0.3, 0.4) is 0 Å². The molecule has 204 valence electrons. The number of hydrogen-bond acceptors (Lipinski definition) is 5. The summed E-state index contributed by atoms with van der Waals surface area (Å²) in [5, 5.41) is 14.7. The molecule has 4 rings (SSSR count). The zero-order chi connectivity index (χ0) is 27.9. The van der Waals surface area contributed by atoms with Gasteiger partial charge in [-0.15, -0.1) is 0 Å². The Morgan fingerprint density at radius 1 is 0.821 bits per heavy atom. The van der Waals surface area contributed by atoms with Crippen molar-refractivity contribution in [3.63, 3.8) is 0 Å². The molecule has 4 aromatic rings. The minimum atomic E-state index is -3.25. The number of pyridine rings is 2. The predicted molar refractivity (Wildman–Crippen MR) is 133 cm³/mol. The number of halogens is 5. The van der Waals surface area contributed by atoms with Crippen LogP contribution in [0.15, 0.2) is 85.3 Å². The molecule has 0 saturated carbocycles. The lowest BCUT2D eigenvalue weighted by Crippen LogP contribution is -2.24. The first-order chi connectivity index (χ1) is 18.7. The molecule has 2 aromatic heterocycles. The predicted octanol–water partition coefficient (Wildman–Crippen LogP) is 6.60. The number of nitrogens with zero attached hydrogens (tertiary/aromatic N) is 2. The van der Waals surface area contributed by atoms with Crippen LogP contribution in [0, 0.1) is 11.0 Å². The number of aromatic nitrogens is 2. The third-order valence-electron chi connectivity index (χ3n) is 6.04. The maximum Gasteiger partial charge on any atom is 0.387 e. The molecular weight excluding hydrogens is 521 g/mol. The molecule has 0 saturated heterocycles. The topological polar surface area (TPSA) is 70.3 Å². The average Bonchev–Trinajstić information content (AvgIpc) is 2.90. The van der Waals surface area contributed by atoms with Crippen molar-refractivity contribution in [1.29, 1.82) is 0 Å². The fourth-order valence-electron chi connectivity index (χ4n) is 4.12. The molecule has 0 aliphatic heterocycles. The van der Waals surface area contributed by atoms with Gasteiger partial charge >= 0.3 is 13.2 Å². The van der Waals surface area contributed by atoms with Crippen LogP contribution in [0.25, 0.3) is 0 Å². The molecule has 0 fully saturated rings. The number of hydrogen-bond donors (Lipinski definition) is 1. The second-order valence-electron chi connectivity index (χ2n) is 8.68. The molecule has 11 heteroatoms. The van der Waals surface area contributed by atoms with Crippen LogP contribution >= 0.6 is 0 Å². The SMILES string of the molecule is CC(Nc1ccc(C(Cc2cc[n+]([O-])cc2)c2ccc(OC(F)F)c(OC(F)F)c2)cn1)c1ccc(F)cc1. The van der Waals surface area contributed by atoms with Gasteiger partial charge in [0.25, 0.3) is 0 Å². The maximum absolute atomic E-state index is 13.2. The molecule has 2 unspecified atom stereocenters. The summed E-state index contributed by atoms with van der Waals surface area (Å²) in [5.41, 5.74) is 2.80. The van der Waals surface area contributed by atoms with E-state index in [1.54, 1.807) is 42.6 Å². The molecule has 2 atom stereocenters. The zero-order valence-corrected chi connectivity index (χ0v) is 20.6. The molecule has 1 N–H and O–H groups in total. The van der Waals surface area contributed by atoms with Crippen molar-refractivity contribution in [1.82, 2.24) is 4.98 Å². The minimum Gasteiger partial charge on any atom is -0.619 e. The second-order valence-corrected chi connectivity index (χ2v) is 8.68. The highest BCUT2D eigenvalue weighted by Gasteiger charge is 2.21. The van der Waals surface area contributed by atoms with Crippen LogP contribution in [-0.2, 0) is 6.42 Å². The average molecular weight is 546 g/mol. The Balaban J connectivity index is 1.64. The first kappa shape index (κ1) is 27.6. The van der Waals surface area contributed by atoms with E-state index in [4.69, 9.17) is 0 Å². The van der Waals surface area contributed by atoms with E-state index >= 15 is 0 Å². The van der Waals surface area contributed by atoms with E-state index in [0.717, 1.165) is 17.2 Å². The van der Waals surface area contributed by atoms with Gasteiger partial charge in [-0.25, -0.2) is 9.37 Å². The Bertz CT molecular complexity index is 1350. The third kappa shape index (κ3) is 7.56. The monoisotopic (exact) mass is 545 g/mol. The molecule has 0 radical (unpaired) electrons. The van der Waals surface area contributed by atoms with E-state index in [1.807, 2.05) is 6.92 Å². The van der Waals surface area contributed by atoms with Gasteiger partial charge in [0, 0.05) is 30.3 Å². The largest absolute Gasteiger partial charge is 0.619 e. The first-order valence-corrected chi connectivity index (χ1v) is 11.9. The van der Waals surface area contributed by atoms with Crippen LogP contribution < -0.4 is 19.5 Å². The summed E-state index contributed by atoms with van der Waals surface area (Å²) in [6.45, 7) is -4.58. The molecule has 0 aliphatic rings. The van der Waals surface area contributed by atoms with Crippen molar-refractivity contribution in [3.8, 4) is 11.5 Å². The van der Waals surface area contributed by atoms with Gasteiger partial charge in [-0.1, -0.05) is 24.3 Å². The fourth-order valence-corrected chi connectivity index (χ4v) is 4.12. The van der Waals surface area contributed by atoms with Crippen molar-refractivity contribution in [2.24, 2.45) is 0 Å². The quantitative estimate of drug-likeness (QED) is 0.131. The third-order valence-corrected chi connectivity index (χ3v) is 6.04. The van der Waals surface area contributed by atoms with Gasteiger partial charge in [0.2, 0.25) is 0 Å². The second kappa shape index (κ2) is 12.4. The summed E-state index contributed by atoms with van der Waals surface area (Å²) < 4.78 is 74.4. The molecule has 6 nitrogen and oxygen atoms in total. The fraction of sp³-hybridized carbons (Fsp3) is 0.214. The Labute approximate surface area is 221 Å². The van der Waals surface area contributed by atoms with Crippen LogP contribution in [0.4, 0.5) is 27.8 Å². The van der Waals surface area contributed by atoms with Gasteiger partial charge in [0.15, 0.2) is 23.9 Å². The number of rotatable bonds is 11. The molecule has 0 bridgehead atoms. The van der Waals surface area contributed by atoms with Gasteiger partial charge in [0.1, 0.15) is 11.6 Å². The summed E-state index contributed by atoms with van der Waals surface area (Å²) in [5.74, 6) is -1.31.